The second kappa shape index (κ2) is 38.1. The molecule has 8 nitrogen and oxygen atoms in total. The van der Waals surface area contributed by atoms with Crippen LogP contribution in [0.3, 0.4) is 0 Å². The molecule has 0 amide bonds. The molecule has 0 radical (unpaired) electrons. The lowest BCUT2D eigenvalue weighted by molar-refractivity contribution is -0.284. The van der Waals surface area contributed by atoms with Gasteiger partial charge in [0.2, 0.25) is 0 Å². The quantitative estimate of drug-likeness (QED) is 0.0214. The van der Waals surface area contributed by atoms with E-state index in [1.54, 1.807) is 0 Å². The summed E-state index contributed by atoms with van der Waals surface area (Å²) in [6, 6.07) is 0. The molecule has 0 unspecified atom stereocenters. The molecule has 0 spiro atoms. The Bertz CT molecular complexity index is 973. The van der Waals surface area contributed by atoms with Crippen molar-refractivity contribution in [1.82, 2.24) is 4.90 Å². The second-order valence-electron chi connectivity index (χ2n) is 14.8. The molecule has 0 aliphatic rings. The van der Waals surface area contributed by atoms with Crippen molar-refractivity contribution in [3.8, 4) is 0 Å². The topological polar surface area (TPSA) is 94.5 Å². The minimum atomic E-state index is -5.51. The average molecular weight is 828 g/mol. The molecule has 1 N–H and O–H groups in total. The molecule has 0 rings (SSSR count). The number of ether oxygens (including phenoxy) is 4. The minimum Gasteiger partial charge on any atom is -0.466 e. The number of alkyl halides is 5. The van der Waals surface area contributed by atoms with Gasteiger partial charge >= 0.3 is 24.0 Å². The predicted molar refractivity (Wildman–Crippen MR) is 217 cm³/mol. The van der Waals surface area contributed by atoms with Crippen LogP contribution < -0.4 is 0 Å². The molecule has 0 aromatic carbocycles. The van der Waals surface area contributed by atoms with Crippen LogP contribution in [0.25, 0.3) is 0 Å². The number of hydrogen-bond donors (Lipinski definition) is 1. The Hall–Kier alpha value is -2.09. The number of allylic oxidation sites excluding steroid dienone is 4. The van der Waals surface area contributed by atoms with E-state index in [-0.39, 0.29) is 44.4 Å². The van der Waals surface area contributed by atoms with E-state index in [0.29, 0.717) is 58.5 Å². The highest BCUT2D eigenvalue weighted by Crippen LogP contribution is 2.39. The maximum atomic E-state index is 12.9. The number of rotatable bonds is 41. The van der Waals surface area contributed by atoms with Crippen molar-refractivity contribution in [2.24, 2.45) is 0 Å². The monoisotopic (exact) mass is 828 g/mol. The fraction of sp³-hybridized carbons (Fsp3) is 0.864. The number of esters is 2. The molecule has 0 fully saturated rings. The molecular formula is C44H78F5NO7. The van der Waals surface area contributed by atoms with Crippen LogP contribution in [0.2, 0.25) is 0 Å². The van der Waals surface area contributed by atoms with Gasteiger partial charge in [-0.1, -0.05) is 83.1 Å². The molecule has 0 aromatic heterocycles. The molecule has 0 saturated carbocycles. The lowest BCUT2D eigenvalue weighted by Gasteiger charge is -2.21. The molecule has 336 valence electrons. The van der Waals surface area contributed by atoms with Crippen molar-refractivity contribution in [2.45, 2.75) is 193 Å². The summed E-state index contributed by atoms with van der Waals surface area (Å²) in [6.07, 6.45) is 20.2. The smallest absolute Gasteiger partial charge is 0.453 e. The molecule has 0 saturated heterocycles. The molecular weight excluding hydrogens is 749 g/mol. The third-order valence-electron chi connectivity index (χ3n) is 9.49. The number of halogens is 5. The highest BCUT2D eigenvalue weighted by Gasteiger charge is 2.56. The molecule has 0 atom stereocenters. The Kier molecular flexibility index (Phi) is 36.7. The lowest BCUT2D eigenvalue weighted by Crippen LogP contribution is -2.36. The van der Waals surface area contributed by atoms with Crippen LogP contribution in [-0.4, -0.2) is 93.0 Å². The summed E-state index contributed by atoms with van der Waals surface area (Å²) < 4.78 is 85.0. The minimum absolute atomic E-state index is 0.107. The van der Waals surface area contributed by atoms with E-state index in [9.17, 15) is 36.6 Å². The fourth-order valence-electron chi connectivity index (χ4n) is 6.04. The number of aliphatic hydroxyl groups is 1. The standard InChI is InChI=1S/C44H78F5NO7/c1-3-5-7-9-16-26-38-56-42(57-39-27-17-10-8-6-4-2)30-29-41(53)55-37-25-19-15-23-33-50(34-35-51)32-22-14-11-12-20-28-40(52)54-36-24-18-13-21-31-43(45,46)44(47,48)49/h5-8,42,51H,3-4,9-39H2,1-2H3/b7-5-,8-6-. The van der Waals surface area contributed by atoms with Crippen LogP contribution in [-0.2, 0) is 28.5 Å². The molecule has 0 bridgehead atoms. The Morgan fingerprint density at radius 2 is 1.02 bits per heavy atom. The van der Waals surface area contributed by atoms with E-state index in [1.165, 1.54) is 0 Å². The first-order chi connectivity index (χ1) is 27.5. The maximum absolute atomic E-state index is 12.9. The predicted octanol–water partition coefficient (Wildman–Crippen LogP) is 11.8. The zero-order chi connectivity index (χ0) is 42.3. The normalized spacial score (nSPS) is 12.5. The van der Waals surface area contributed by atoms with Crippen LogP contribution in [0.15, 0.2) is 24.3 Å². The van der Waals surface area contributed by atoms with Gasteiger partial charge in [-0.05, 0) is 103 Å². The van der Waals surface area contributed by atoms with Gasteiger partial charge in [-0.25, -0.2) is 0 Å². The summed E-state index contributed by atoms with van der Waals surface area (Å²) in [5.41, 5.74) is 0. The van der Waals surface area contributed by atoms with Gasteiger partial charge in [0.15, 0.2) is 6.29 Å². The van der Waals surface area contributed by atoms with Crippen molar-refractivity contribution in [3.05, 3.63) is 24.3 Å². The number of aliphatic hydroxyl groups excluding tert-OH is 1. The Morgan fingerprint density at radius 1 is 0.561 bits per heavy atom. The van der Waals surface area contributed by atoms with Gasteiger partial charge in [0.25, 0.3) is 0 Å². The summed E-state index contributed by atoms with van der Waals surface area (Å²) in [6.45, 7) is 8.57. The number of carbonyl (C=O) groups excluding carboxylic acids is 2. The zero-order valence-electron chi connectivity index (χ0n) is 35.5. The highest BCUT2D eigenvalue weighted by molar-refractivity contribution is 5.69. The van der Waals surface area contributed by atoms with E-state index in [1.807, 2.05) is 0 Å². The van der Waals surface area contributed by atoms with Gasteiger partial charge in [0, 0.05) is 39.0 Å². The van der Waals surface area contributed by atoms with Crippen molar-refractivity contribution in [2.75, 3.05) is 52.7 Å². The van der Waals surface area contributed by atoms with Gasteiger partial charge in [0.05, 0.1) is 26.2 Å². The molecule has 0 heterocycles. The summed E-state index contributed by atoms with van der Waals surface area (Å²) in [4.78, 5) is 26.6. The van der Waals surface area contributed by atoms with Crippen molar-refractivity contribution in [1.29, 1.82) is 0 Å². The summed E-state index contributed by atoms with van der Waals surface area (Å²) in [5.74, 6) is -5.20. The first kappa shape index (κ1) is 54.9. The SMILES string of the molecule is CC/C=C\CCCCOC(CCC(=O)OCCCCCCN(CCO)CCCCCCCC(=O)OCCCCCCC(F)(F)C(F)(F)F)OCCCC/C=C\CC. The van der Waals surface area contributed by atoms with Gasteiger partial charge in [-0.3, -0.25) is 9.59 Å². The Labute approximate surface area is 341 Å². The highest BCUT2D eigenvalue weighted by atomic mass is 19.4. The van der Waals surface area contributed by atoms with Gasteiger partial charge < -0.3 is 29.0 Å². The van der Waals surface area contributed by atoms with Crippen molar-refractivity contribution >= 4 is 11.9 Å². The third kappa shape index (κ3) is 35.6. The first-order valence-corrected chi connectivity index (χ1v) is 22.1. The molecule has 13 heteroatoms. The number of hydrogen-bond acceptors (Lipinski definition) is 8. The summed E-state index contributed by atoms with van der Waals surface area (Å²) >= 11 is 0. The summed E-state index contributed by atoms with van der Waals surface area (Å²) in [7, 11) is 0. The largest absolute Gasteiger partial charge is 0.466 e. The van der Waals surface area contributed by atoms with E-state index in [2.05, 4.69) is 43.1 Å². The van der Waals surface area contributed by atoms with Gasteiger partial charge in [0.1, 0.15) is 0 Å². The van der Waals surface area contributed by atoms with Gasteiger partial charge in [-0.15, -0.1) is 0 Å². The van der Waals surface area contributed by atoms with Crippen LogP contribution in [0.5, 0.6) is 0 Å². The third-order valence-corrected chi connectivity index (χ3v) is 9.49. The fourth-order valence-corrected chi connectivity index (χ4v) is 6.04. The van der Waals surface area contributed by atoms with Crippen molar-refractivity contribution < 1.29 is 55.6 Å². The molecule has 57 heavy (non-hydrogen) atoms. The van der Waals surface area contributed by atoms with Crippen LogP contribution in [0.1, 0.15) is 174 Å². The molecule has 0 aliphatic carbocycles. The van der Waals surface area contributed by atoms with Crippen LogP contribution in [0, 0.1) is 0 Å². The number of nitrogens with zero attached hydrogens (tertiary/aromatic N) is 1. The maximum Gasteiger partial charge on any atom is 0.453 e. The van der Waals surface area contributed by atoms with Crippen molar-refractivity contribution in [3.63, 3.8) is 0 Å². The first-order valence-electron chi connectivity index (χ1n) is 22.1. The number of carbonyl (C=O) groups is 2. The second-order valence-corrected chi connectivity index (χ2v) is 14.8. The van der Waals surface area contributed by atoms with E-state index in [4.69, 9.17) is 18.9 Å². The Morgan fingerprint density at radius 3 is 1.53 bits per heavy atom. The van der Waals surface area contributed by atoms with Crippen LogP contribution in [0.4, 0.5) is 22.0 Å². The number of unbranched alkanes of at least 4 members (excludes halogenated alkanes) is 14. The van der Waals surface area contributed by atoms with E-state index < -0.39 is 24.8 Å². The van der Waals surface area contributed by atoms with Crippen LogP contribution >= 0.6 is 0 Å². The van der Waals surface area contributed by atoms with Gasteiger partial charge in [-0.2, -0.15) is 22.0 Å². The lowest BCUT2D eigenvalue weighted by atomic mass is 10.1. The molecule has 0 aromatic rings. The molecule has 0 aliphatic heterocycles. The zero-order valence-corrected chi connectivity index (χ0v) is 35.5. The summed E-state index contributed by atoms with van der Waals surface area (Å²) in [5, 5.41) is 9.50. The average Bonchev–Trinajstić information content (AvgIpc) is 3.17. The van der Waals surface area contributed by atoms with E-state index in [0.717, 1.165) is 116 Å². The Balaban J connectivity index is 4.00. The van der Waals surface area contributed by atoms with E-state index >= 15 is 0 Å².